The van der Waals surface area contributed by atoms with E-state index in [4.69, 9.17) is 0 Å². The zero-order valence-electron chi connectivity index (χ0n) is 13.4. The molecule has 0 aliphatic rings. The van der Waals surface area contributed by atoms with Gasteiger partial charge in [0.15, 0.2) is 5.43 Å². The molecule has 0 spiro atoms. The summed E-state index contributed by atoms with van der Waals surface area (Å²) >= 11 is 2.29. The monoisotopic (exact) mass is 438 g/mol. The van der Waals surface area contributed by atoms with Gasteiger partial charge in [-0.05, 0) is 58.5 Å². The fraction of sp³-hybridized carbons (Fsp3) is 0.0476. The Bertz CT molecular complexity index is 1100. The topological polar surface area (TPSA) is 34.9 Å². The zero-order valence-corrected chi connectivity index (χ0v) is 15.6. The molecule has 0 aliphatic heterocycles. The van der Waals surface area contributed by atoms with Crippen molar-refractivity contribution in [3.8, 4) is 5.69 Å². The molecule has 4 rings (SSSR count). The third-order valence-electron chi connectivity index (χ3n) is 4.16. The Hall–Kier alpha value is -2.47. The molecule has 0 fully saturated rings. The molecular formula is C21H15IN2O. The number of aromatic nitrogens is 2. The third-order valence-corrected chi connectivity index (χ3v) is 4.83. The van der Waals surface area contributed by atoms with Gasteiger partial charge in [0.05, 0.1) is 5.39 Å². The van der Waals surface area contributed by atoms with Crippen LogP contribution in [0.2, 0.25) is 0 Å². The number of fused-ring (bicyclic) bond motifs is 1. The standard InChI is InChI=1S/C21H15IN2O/c22-17-8-4-9-18(13-17)24-14-16(12-15-6-2-1-3-7-15)20(25)19-10-5-11-23-21(19)24/h1-11,13-14H,12H2. The largest absolute Gasteiger partial charge is 0.301 e. The van der Waals surface area contributed by atoms with Crippen LogP contribution in [0.15, 0.2) is 83.9 Å². The van der Waals surface area contributed by atoms with E-state index < -0.39 is 0 Å². The Morgan fingerprint density at radius 1 is 0.960 bits per heavy atom. The van der Waals surface area contributed by atoms with Gasteiger partial charge in [0.2, 0.25) is 0 Å². The average molecular weight is 438 g/mol. The first-order valence-corrected chi connectivity index (χ1v) is 9.09. The first kappa shape index (κ1) is 16.0. The van der Waals surface area contributed by atoms with Gasteiger partial charge >= 0.3 is 0 Å². The molecule has 0 amide bonds. The van der Waals surface area contributed by atoms with Crippen LogP contribution in [-0.4, -0.2) is 9.55 Å². The molecule has 0 saturated heterocycles. The second-order valence-corrected chi connectivity index (χ2v) is 7.12. The molecule has 25 heavy (non-hydrogen) atoms. The zero-order chi connectivity index (χ0) is 17.2. The van der Waals surface area contributed by atoms with E-state index in [2.05, 4.69) is 33.6 Å². The number of nitrogens with zero attached hydrogens (tertiary/aromatic N) is 2. The van der Waals surface area contributed by atoms with Crippen LogP contribution >= 0.6 is 22.6 Å². The summed E-state index contributed by atoms with van der Waals surface area (Å²) in [6.45, 7) is 0. The molecule has 3 nitrogen and oxygen atoms in total. The molecule has 0 bridgehead atoms. The molecule has 0 atom stereocenters. The van der Waals surface area contributed by atoms with Crippen molar-refractivity contribution < 1.29 is 0 Å². The van der Waals surface area contributed by atoms with Crippen LogP contribution in [0.25, 0.3) is 16.7 Å². The van der Waals surface area contributed by atoms with Gasteiger partial charge in [-0.1, -0.05) is 36.4 Å². The summed E-state index contributed by atoms with van der Waals surface area (Å²) in [6.07, 6.45) is 4.26. The number of rotatable bonds is 3. The predicted molar refractivity (Wildman–Crippen MR) is 109 cm³/mol. The summed E-state index contributed by atoms with van der Waals surface area (Å²) in [4.78, 5) is 17.4. The Morgan fingerprint density at radius 3 is 2.60 bits per heavy atom. The molecular weight excluding hydrogens is 423 g/mol. The van der Waals surface area contributed by atoms with Crippen molar-refractivity contribution in [2.24, 2.45) is 0 Å². The molecule has 0 radical (unpaired) electrons. The summed E-state index contributed by atoms with van der Waals surface area (Å²) in [7, 11) is 0. The molecule has 2 aromatic heterocycles. The Kier molecular flexibility index (Phi) is 4.36. The molecule has 4 heteroatoms. The lowest BCUT2D eigenvalue weighted by molar-refractivity contribution is 1.02. The summed E-state index contributed by atoms with van der Waals surface area (Å²) in [5, 5.41) is 0.648. The minimum atomic E-state index is 0.0498. The van der Waals surface area contributed by atoms with E-state index in [1.165, 1.54) is 0 Å². The molecule has 0 unspecified atom stereocenters. The lowest BCUT2D eigenvalue weighted by Crippen LogP contribution is -2.15. The van der Waals surface area contributed by atoms with E-state index >= 15 is 0 Å². The van der Waals surface area contributed by atoms with Crippen LogP contribution in [-0.2, 0) is 6.42 Å². The summed E-state index contributed by atoms with van der Waals surface area (Å²) in [5.74, 6) is 0. The van der Waals surface area contributed by atoms with Crippen molar-refractivity contribution in [2.45, 2.75) is 6.42 Å². The highest BCUT2D eigenvalue weighted by Gasteiger charge is 2.11. The van der Waals surface area contributed by atoms with Gasteiger partial charge < -0.3 is 4.57 Å². The molecule has 2 aromatic carbocycles. The number of benzene rings is 2. The first-order valence-electron chi connectivity index (χ1n) is 8.01. The molecule has 2 heterocycles. The number of hydrogen-bond donors (Lipinski definition) is 0. The van der Waals surface area contributed by atoms with E-state index in [9.17, 15) is 4.79 Å². The van der Waals surface area contributed by atoms with Gasteiger partial charge in [-0.3, -0.25) is 4.79 Å². The fourth-order valence-electron chi connectivity index (χ4n) is 2.98. The van der Waals surface area contributed by atoms with Gasteiger partial charge in [0, 0.05) is 33.6 Å². The Labute approximate surface area is 159 Å². The van der Waals surface area contributed by atoms with E-state index in [1.54, 1.807) is 6.20 Å². The number of hydrogen-bond acceptors (Lipinski definition) is 2. The van der Waals surface area contributed by atoms with Crippen molar-refractivity contribution in [3.05, 3.63) is 104 Å². The van der Waals surface area contributed by atoms with Crippen molar-refractivity contribution in [1.82, 2.24) is 9.55 Å². The van der Waals surface area contributed by atoms with Gasteiger partial charge in [0.1, 0.15) is 5.65 Å². The highest BCUT2D eigenvalue weighted by atomic mass is 127. The van der Waals surface area contributed by atoms with E-state index in [0.717, 1.165) is 20.4 Å². The van der Waals surface area contributed by atoms with Gasteiger partial charge in [-0.25, -0.2) is 4.98 Å². The van der Waals surface area contributed by atoms with Crippen molar-refractivity contribution in [3.63, 3.8) is 0 Å². The molecule has 0 N–H and O–H groups in total. The SMILES string of the molecule is O=c1c(Cc2ccccc2)cn(-c2cccc(I)c2)c2ncccc12. The second-order valence-electron chi connectivity index (χ2n) is 5.87. The maximum Gasteiger partial charge on any atom is 0.194 e. The fourth-order valence-corrected chi connectivity index (χ4v) is 3.51. The first-order chi connectivity index (χ1) is 12.2. The summed E-state index contributed by atoms with van der Waals surface area (Å²) < 4.78 is 3.15. The van der Waals surface area contributed by atoms with Crippen molar-refractivity contribution in [2.75, 3.05) is 0 Å². The smallest absolute Gasteiger partial charge is 0.194 e. The molecule has 4 aromatic rings. The van der Waals surface area contributed by atoms with Crippen LogP contribution in [0.5, 0.6) is 0 Å². The van der Waals surface area contributed by atoms with Crippen LogP contribution in [0.1, 0.15) is 11.1 Å². The van der Waals surface area contributed by atoms with E-state index in [1.807, 2.05) is 71.4 Å². The van der Waals surface area contributed by atoms with Gasteiger partial charge in [-0.2, -0.15) is 0 Å². The molecule has 0 saturated carbocycles. The lowest BCUT2D eigenvalue weighted by Gasteiger charge is -2.13. The summed E-state index contributed by atoms with van der Waals surface area (Å²) in [6, 6.07) is 21.9. The highest BCUT2D eigenvalue weighted by Crippen LogP contribution is 2.19. The van der Waals surface area contributed by atoms with Gasteiger partial charge in [0.25, 0.3) is 0 Å². The maximum atomic E-state index is 12.9. The lowest BCUT2D eigenvalue weighted by atomic mass is 10.0. The Morgan fingerprint density at radius 2 is 1.80 bits per heavy atom. The molecule has 122 valence electrons. The highest BCUT2D eigenvalue weighted by molar-refractivity contribution is 14.1. The van der Waals surface area contributed by atoms with Crippen LogP contribution < -0.4 is 5.43 Å². The maximum absolute atomic E-state index is 12.9. The normalized spacial score (nSPS) is 10.9. The third kappa shape index (κ3) is 3.22. The van der Waals surface area contributed by atoms with Crippen LogP contribution in [0, 0.1) is 3.57 Å². The summed E-state index contributed by atoms with van der Waals surface area (Å²) in [5.41, 5.74) is 3.63. The number of pyridine rings is 2. The molecule has 0 aliphatic carbocycles. The quantitative estimate of drug-likeness (QED) is 0.439. The van der Waals surface area contributed by atoms with E-state index in [0.29, 0.717) is 17.5 Å². The Balaban J connectivity index is 1.96. The average Bonchev–Trinajstić information content (AvgIpc) is 2.65. The van der Waals surface area contributed by atoms with Crippen molar-refractivity contribution >= 4 is 33.6 Å². The second kappa shape index (κ2) is 6.80. The van der Waals surface area contributed by atoms with Crippen LogP contribution in [0.4, 0.5) is 0 Å². The number of halogens is 1. The minimum Gasteiger partial charge on any atom is -0.301 e. The van der Waals surface area contributed by atoms with E-state index in [-0.39, 0.29) is 5.43 Å². The van der Waals surface area contributed by atoms with Crippen LogP contribution in [0.3, 0.4) is 0 Å². The van der Waals surface area contributed by atoms with Gasteiger partial charge in [-0.15, -0.1) is 0 Å². The van der Waals surface area contributed by atoms with Crippen molar-refractivity contribution in [1.29, 1.82) is 0 Å². The predicted octanol–water partition coefficient (Wildman–Crippen LogP) is 4.58. The minimum absolute atomic E-state index is 0.0498.